The zero-order chi connectivity index (χ0) is 15.0. The Bertz CT molecular complexity index is 482. The molecule has 0 radical (unpaired) electrons. The first kappa shape index (κ1) is 16.9. The van der Waals surface area contributed by atoms with Crippen LogP contribution in [0.4, 0.5) is 5.69 Å². The van der Waals surface area contributed by atoms with E-state index in [4.69, 9.17) is 15.3 Å². The van der Waals surface area contributed by atoms with Crippen molar-refractivity contribution < 1.29 is 17.9 Å². The summed E-state index contributed by atoms with van der Waals surface area (Å²) in [5, 5.41) is 0. The Morgan fingerprint density at radius 3 is 2.00 bits per heavy atom. The number of hydrogen-bond donors (Lipinski definition) is 2. The van der Waals surface area contributed by atoms with Crippen molar-refractivity contribution in [3.63, 3.8) is 0 Å². The second-order valence-corrected chi connectivity index (χ2v) is 6.00. The minimum absolute atomic E-state index is 0.212. The van der Waals surface area contributed by atoms with Crippen molar-refractivity contribution in [1.82, 2.24) is 4.31 Å². The van der Waals surface area contributed by atoms with Crippen LogP contribution in [-0.2, 0) is 19.5 Å². The molecule has 114 valence electrons. The van der Waals surface area contributed by atoms with Gasteiger partial charge in [-0.3, -0.25) is 5.84 Å². The van der Waals surface area contributed by atoms with Gasteiger partial charge in [-0.25, -0.2) is 8.42 Å². The minimum Gasteiger partial charge on any atom is -0.383 e. The molecule has 0 bridgehead atoms. The first-order valence-electron chi connectivity index (χ1n) is 6.11. The Kier molecular flexibility index (Phi) is 6.89. The van der Waals surface area contributed by atoms with Gasteiger partial charge in [0.25, 0.3) is 0 Å². The van der Waals surface area contributed by atoms with E-state index in [1.165, 1.54) is 30.7 Å². The number of anilines is 1. The lowest BCUT2D eigenvalue weighted by Gasteiger charge is -2.21. The van der Waals surface area contributed by atoms with Crippen molar-refractivity contribution >= 4 is 15.7 Å². The zero-order valence-corrected chi connectivity index (χ0v) is 12.5. The van der Waals surface area contributed by atoms with Gasteiger partial charge in [0.2, 0.25) is 10.0 Å². The smallest absolute Gasteiger partial charge is 0.243 e. The summed E-state index contributed by atoms with van der Waals surface area (Å²) in [7, 11) is -0.505. The molecule has 1 aromatic carbocycles. The van der Waals surface area contributed by atoms with Crippen molar-refractivity contribution in [2.75, 3.05) is 45.9 Å². The monoisotopic (exact) mass is 303 g/mol. The fraction of sp³-hybridized carbons (Fsp3) is 0.500. The molecule has 0 aliphatic carbocycles. The van der Waals surface area contributed by atoms with E-state index in [-0.39, 0.29) is 18.0 Å². The van der Waals surface area contributed by atoms with Crippen LogP contribution in [0.5, 0.6) is 0 Å². The Morgan fingerprint density at radius 1 is 1.10 bits per heavy atom. The van der Waals surface area contributed by atoms with E-state index >= 15 is 0 Å². The van der Waals surface area contributed by atoms with E-state index in [2.05, 4.69) is 5.43 Å². The maximum absolute atomic E-state index is 12.5. The summed E-state index contributed by atoms with van der Waals surface area (Å²) < 4.78 is 36.2. The number of benzene rings is 1. The molecular formula is C12H21N3O4S. The van der Waals surface area contributed by atoms with Crippen LogP contribution < -0.4 is 11.3 Å². The number of ether oxygens (including phenoxy) is 2. The number of nitrogens with two attached hydrogens (primary N) is 1. The molecule has 0 unspecified atom stereocenters. The van der Waals surface area contributed by atoms with Gasteiger partial charge < -0.3 is 14.9 Å². The maximum Gasteiger partial charge on any atom is 0.243 e. The van der Waals surface area contributed by atoms with Crippen LogP contribution in [0.15, 0.2) is 29.2 Å². The van der Waals surface area contributed by atoms with Crippen molar-refractivity contribution in [2.24, 2.45) is 5.84 Å². The summed E-state index contributed by atoms with van der Waals surface area (Å²) in [6.45, 7) is 1.20. The third-order valence-electron chi connectivity index (χ3n) is 2.75. The highest BCUT2D eigenvalue weighted by Gasteiger charge is 2.23. The molecule has 0 aromatic heterocycles. The molecule has 8 heteroatoms. The number of nitrogen functional groups attached to an aromatic ring is 1. The van der Waals surface area contributed by atoms with Crippen LogP contribution in [0, 0.1) is 0 Å². The summed E-state index contributed by atoms with van der Waals surface area (Å²) in [6.07, 6.45) is 0. The molecule has 1 aromatic rings. The number of sulfonamides is 1. The highest BCUT2D eigenvalue weighted by atomic mass is 32.2. The molecule has 7 nitrogen and oxygen atoms in total. The molecule has 0 amide bonds. The Balaban J connectivity index is 2.94. The van der Waals surface area contributed by atoms with Crippen LogP contribution in [0.3, 0.4) is 0 Å². The van der Waals surface area contributed by atoms with E-state index in [9.17, 15) is 8.42 Å². The Hall–Kier alpha value is -1.19. The van der Waals surface area contributed by atoms with Gasteiger partial charge in [-0.1, -0.05) is 0 Å². The molecule has 0 aliphatic heterocycles. The second kappa shape index (κ2) is 8.18. The number of nitrogens with one attached hydrogen (secondary N) is 1. The summed E-state index contributed by atoms with van der Waals surface area (Å²) >= 11 is 0. The van der Waals surface area contributed by atoms with Crippen molar-refractivity contribution in [2.45, 2.75) is 4.90 Å². The Morgan fingerprint density at radius 2 is 1.60 bits per heavy atom. The molecule has 0 saturated heterocycles. The summed E-state index contributed by atoms with van der Waals surface area (Å²) in [5.41, 5.74) is 3.10. The van der Waals surface area contributed by atoms with E-state index in [1.807, 2.05) is 0 Å². The number of hydrazine groups is 1. The highest BCUT2D eigenvalue weighted by molar-refractivity contribution is 7.89. The average molecular weight is 303 g/mol. The molecule has 0 aliphatic rings. The third-order valence-corrected chi connectivity index (χ3v) is 4.66. The normalized spacial score (nSPS) is 11.8. The number of rotatable bonds is 9. The minimum atomic E-state index is -3.57. The quantitative estimate of drug-likeness (QED) is 0.502. The number of methoxy groups -OCH3 is 2. The second-order valence-electron chi connectivity index (χ2n) is 4.06. The van der Waals surface area contributed by atoms with Gasteiger partial charge in [-0.2, -0.15) is 4.31 Å². The highest BCUT2D eigenvalue weighted by Crippen LogP contribution is 2.17. The molecule has 3 N–H and O–H groups in total. The molecule has 0 atom stereocenters. The summed E-state index contributed by atoms with van der Waals surface area (Å²) in [6, 6.07) is 6.24. The van der Waals surface area contributed by atoms with Gasteiger partial charge in [0, 0.05) is 33.0 Å². The fourth-order valence-corrected chi connectivity index (χ4v) is 3.02. The molecule has 0 heterocycles. The molecule has 1 rings (SSSR count). The lowest BCUT2D eigenvalue weighted by molar-refractivity contribution is 0.150. The first-order valence-corrected chi connectivity index (χ1v) is 7.55. The zero-order valence-electron chi connectivity index (χ0n) is 11.7. The van der Waals surface area contributed by atoms with Crippen LogP contribution >= 0.6 is 0 Å². The third kappa shape index (κ3) is 4.43. The molecule has 0 saturated carbocycles. The maximum atomic E-state index is 12.5. The van der Waals surface area contributed by atoms with Crippen LogP contribution in [0.1, 0.15) is 0 Å². The standard InChI is InChI=1S/C12H21N3O4S/c1-18-9-7-15(8-10-19-2)20(16,17)12-5-3-11(14-13)4-6-12/h3-6,14H,7-10,13H2,1-2H3. The number of nitrogens with zero attached hydrogens (tertiary/aromatic N) is 1. The van der Waals surface area contributed by atoms with Crippen molar-refractivity contribution in [3.8, 4) is 0 Å². The van der Waals surface area contributed by atoms with E-state index < -0.39 is 10.0 Å². The predicted molar refractivity (Wildman–Crippen MR) is 76.8 cm³/mol. The van der Waals surface area contributed by atoms with E-state index in [0.717, 1.165) is 0 Å². The van der Waals surface area contributed by atoms with E-state index in [1.54, 1.807) is 12.1 Å². The molecule has 20 heavy (non-hydrogen) atoms. The van der Waals surface area contributed by atoms with Crippen molar-refractivity contribution in [1.29, 1.82) is 0 Å². The first-order chi connectivity index (χ1) is 9.56. The van der Waals surface area contributed by atoms with Crippen molar-refractivity contribution in [3.05, 3.63) is 24.3 Å². The fourth-order valence-electron chi connectivity index (χ4n) is 1.61. The summed E-state index contributed by atoms with van der Waals surface area (Å²) in [5.74, 6) is 5.26. The van der Waals surface area contributed by atoms with Crippen LogP contribution in [-0.4, -0.2) is 53.2 Å². The largest absolute Gasteiger partial charge is 0.383 e. The van der Waals surface area contributed by atoms with E-state index in [0.29, 0.717) is 18.9 Å². The van der Waals surface area contributed by atoms with Gasteiger partial charge in [-0.15, -0.1) is 0 Å². The predicted octanol–water partition coefficient (Wildman–Crippen LogP) is 0.256. The summed E-state index contributed by atoms with van der Waals surface area (Å²) in [4.78, 5) is 0.212. The molecule has 0 fully saturated rings. The van der Waals surface area contributed by atoms with Gasteiger partial charge in [0.15, 0.2) is 0 Å². The van der Waals surface area contributed by atoms with Gasteiger partial charge in [0.05, 0.1) is 18.1 Å². The topological polar surface area (TPSA) is 93.9 Å². The SMILES string of the molecule is COCCN(CCOC)S(=O)(=O)c1ccc(NN)cc1. The van der Waals surface area contributed by atoms with Crippen LogP contribution in [0.2, 0.25) is 0 Å². The van der Waals surface area contributed by atoms with Gasteiger partial charge in [0.1, 0.15) is 0 Å². The Labute approximate surface area is 119 Å². The molecular weight excluding hydrogens is 282 g/mol. The number of hydrogen-bond acceptors (Lipinski definition) is 6. The van der Waals surface area contributed by atoms with Gasteiger partial charge in [-0.05, 0) is 24.3 Å². The lowest BCUT2D eigenvalue weighted by Crippen LogP contribution is -2.36. The van der Waals surface area contributed by atoms with Crippen LogP contribution in [0.25, 0.3) is 0 Å². The lowest BCUT2D eigenvalue weighted by atomic mass is 10.3. The average Bonchev–Trinajstić information content (AvgIpc) is 2.47. The van der Waals surface area contributed by atoms with Gasteiger partial charge >= 0.3 is 0 Å². The molecule has 0 spiro atoms.